The summed E-state index contributed by atoms with van der Waals surface area (Å²) in [7, 11) is 0. The van der Waals surface area contributed by atoms with Crippen molar-refractivity contribution in [2.75, 3.05) is 24.7 Å². The summed E-state index contributed by atoms with van der Waals surface area (Å²) in [5, 5.41) is 0.364. The molecule has 43 heavy (non-hydrogen) atoms. The maximum atomic E-state index is 16.4. The monoisotopic (exact) mass is 628 g/mol. The van der Waals surface area contributed by atoms with Gasteiger partial charge in [-0.25, -0.2) is 28.1 Å². The number of aromatic nitrogens is 3. The van der Waals surface area contributed by atoms with Crippen LogP contribution in [-0.2, 0) is 15.2 Å². The van der Waals surface area contributed by atoms with Crippen LogP contribution in [0.25, 0.3) is 22.1 Å². The van der Waals surface area contributed by atoms with Crippen LogP contribution in [0.2, 0.25) is 5.02 Å². The Hall–Kier alpha value is -3.65. The van der Waals surface area contributed by atoms with Gasteiger partial charge >= 0.3 is 6.18 Å². The minimum absolute atomic E-state index is 0.0279. The van der Waals surface area contributed by atoms with E-state index in [0.29, 0.717) is 11.0 Å². The summed E-state index contributed by atoms with van der Waals surface area (Å²) in [5.74, 6) is -4.14. The number of alkyl halides is 6. The molecule has 0 amide bonds. The van der Waals surface area contributed by atoms with E-state index in [2.05, 4.69) is 15.0 Å². The number of para-hydroxylation sites is 1. The fourth-order valence-electron chi connectivity index (χ4n) is 5.77. The summed E-state index contributed by atoms with van der Waals surface area (Å²) in [6, 6.07) is 6.77. The van der Waals surface area contributed by atoms with Gasteiger partial charge < -0.3 is 18.8 Å². The molecule has 2 aliphatic rings. The highest BCUT2D eigenvalue weighted by atomic mass is 35.5. The van der Waals surface area contributed by atoms with Crippen molar-refractivity contribution < 1.29 is 45.0 Å². The maximum Gasteiger partial charge on any atom is 0.397 e. The molecule has 6 rings (SSSR count). The van der Waals surface area contributed by atoms with Crippen molar-refractivity contribution in [3.8, 4) is 5.88 Å². The van der Waals surface area contributed by atoms with Gasteiger partial charge in [-0.15, -0.1) is 0 Å². The largest absolute Gasteiger partial charge is 0.472 e. The van der Waals surface area contributed by atoms with Gasteiger partial charge in [-0.1, -0.05) is 23.7 Å². The van der Waals surface area contributed by atoms with Crippen LogP contribution in [0.1, 0.15) is 37.6 Å². The van der Waals surface area contributed by atoms with E-state index < -0.39 is 66.6 Å². The molecule has 3 aromatic heterocycles. The van der Waals surface area contributed by atoms with E-state index in [1.807, 2.05) is 0 Å². The van der Waals surface area contributed by atoms with E-state index >= 15 is 4.39 Å². The topological polar surface area (TPSA) is 90.6 Å². The van der Waals surface area contributed by atoms with Crippen molar-refractivity contribution in [2.24, 2.45) is 5.92 Å². The molecule has 2 fully saturated rings. The number of hydrogen-bond donors (Lipinski definition) is 0. The van der Waals surface area contributed by atoms with Gasteiger partial charge in [0.1, 0.15) is 23.1 Å². The zero-order valence-corrected chi connectivity index (χ0v) is 23.1. The first-order chi connectivity index (χ1) is 20.4. The number of anilines is 1. The number of ether oxygens (including phenoxy) is 2. The van der Waals surface area contributed by atoms with Crippen LogP contribution in [0.3, 0.4) is 0 Å². The lowest BCUT2D eigenvalue weighted by Crippen LogP contribution is -2.47. The standard InChI is InChI=1S/C28H23ClF6N4O4/c1-13(40)18-9-15(42-26-17(8-14(29)10-36-26)27(32)6-7-41-12-20(27)28(33,34)35)11-39(18)25-22-21(37-24(38-25)23(30)31)16-4-2-3-5-19(16)43-22/h2-5,8,10,15,18,20,23H,6-7,9,11-12H2,1H3/t15-,18-,20-,27+/m0/s1. The number of furan rings is 1. The van der Waals surface area contributed by atoms with Crippen molar-refractivity contribution in [2.45, 2.75) is 50.2 Å². The van der Waals surface area contributed by atoms with Crippen molar-refractivity contribution in [3.63, 3.8) is 0 Å². The summed E-state index contributed by atoms with van der Waals surface area (Å²) in [6.07, 6.45) is -8.45. The van der Waals surface area contributed by atoms with E-state index in [4.69, 9.17) is 25.5 Å². The molecule has 0 spiro atoms. The average molecular weight is 629 g/mol. The van der Waals surface area contributed by atoms with Gasteiger partial charge in [0.15, 0.2) is 28.7 Å². The fraction of sp³-hybridized carbons (Fsp3) is 0.429. The number of ketones is 1. The number of halogens is 7. The normalized spacial score (nSPS) is 24.8. The molecule has 0 unspecified atom stereocenters. The first-order valence-electron chi connectivity index (χ1n) is 13.3. The zero-order chi connectivity index (χ0) is 30.7. The summed E-state index contributed by atoms with van der Waals surface area (Å²) >= 11 is 6.04. The second-order valence-corrected chi connectivity index (χ2v) is 11.0. The maximum absolute atomic E-state index is 16.4. The third-order valence-electron chi connectivity index (χ3n) is 7.80. The highest BCUT2D eigenvalue weighted by molar-refractivity contribution is 6.30. The molecule has 4 aromatic rings. The second-order valence-electron chi connectivity index (χ2n) is 10.5. The van der Waals surface area contributed by atoms with Gasteiger partial charge in [0.05, 0.1) is 29.8 Å². The summed E-state index contributed by atoms with van der Waals surface area (Å²) in [6.45, 7) is -0.00984. The Balaban J connectivity index is 1.39. The van der Waals surface area contributed by atoms with Gasteiger partial charge in [-0.2, -0.15) is 13.2 Å². The lowest BCUT2D eigenvalue weighted by Gasteiger charge is -2.39. The smallest absolute Gasteiger partial charge is 0.397 e. The highest BCUT2D eigenvalue weighted by Gasteiger charge is 2.58. The molecule has 15 heteroatoms. The molecular formula is C28H23ClF6N4O4. The SMILES string of the molecule is CC(=O)[C@@H]1C[C@H](Oc2ncc(Cl)cc2[C@]2(F)CCOC[C@@H]2C(F)(F)F)CN1c1nc(C(F)F)nc2c1oc1ccccc12. The molecule has 2 aliphatic heterocycles. The number of hydrogen-bond acceptors (Lipinski definition) is 8. The Kier molecular flexibility index (Phi) is 7.40. The van der Waals surface area contributed by atoms with Crippen molar-refractivity contribution in [3.05, 3.63) is 52.9 Å². The molecule has 1 aromatic carbocycles. The number of Topliss-reactive ketones (excluding diaryl/α,β-unsaturated/α-hetero) is 1. The summed E-state index contributed by atoms with van der Waals surface area (Å²) < 4.78 is 103. The predicted molar refractivity (Wildman–Crippen MR) is 142 cm³/mol. The zero-order valence-electron chi connectivity index (χ0n) is 22.4. The Morgan fingerprint density at radius 2 is 2.00 bits per heavy atom. The molecule has 2 saturated heterocycles. The van der Waals surface area contributed by atoms with E-state index in [-0.39, 0.29) is 47.3 Å². The molecule has 4 atom stereocenters. The van der Waals surface area contributed by atoms with Crippen molar-refractivity contribution in [1.29, 1.82) is 0 Å². The molecule has 0 bridgehead atoms. The minimum Gasteiger partial charge on any atom is -0.472 e. The number of fused-ring (bicyclic) bond motifs is 3. The number of rotatable bonds is 6. The Morgan fingerprint density at radius 1 is 1.23 bits per heavy atom. The molecule has 0 aliphatic carbocycles. The van der Waals surface area contributed by atoms with Gasteiger partial charge in [0, 0.05) is 31.0 Å². The Bertz CT molecular complexity index is 1700. The number of carbonyl (C=O) groups excluding carboxylic acids is 1. The van der Waals surface area contributed by atoms with Crippen LogP contribution in [0.4, 0.5) is 32.2 Å². The summed E-state index contributed by atoms with van der Waals surface area (Å²) in [5.41, 5.74) is -2.89. The van der Waals surface area contributed by atoms with Crippen LogP contribution in [0, 0.1) is 5.92 Å². The fourth-order valence-corrected chi connectivity index (χ4v) is 5.93. The number of pyridine rings is 1. The number of carbonyl (C=O) groups is 1. The van der Waals surface area contributed by atoms with Crippen molar-refractivity contribution in [1.82, 2.24) is 15.0 Å². The molecule has 0 radical (unpaired) electrons. The van der Waals surface area contributed by atoms with Crippen molar-refractivity contribution >= 4 is 45.3 Å². The number of benzene rings is 1. The molecule has 5 heterocycles. The van der Waals surface area contributed by atoms with Gasteiger partial charge in [0.2, 0.25) is 5.88 Å². The second kappa shape index (κ2) is 10.8. The third-order valence-corrected chi connectivity index (χ3v) is 8.01. The van der Waals surface area contributed by atoms with Gasteiger partial charge in [0.25, 0.3) is 6.43 Å². The minimum atomic E-state index is -4.94. The van der Waals surface area contributed by atoms with E-state index in [1.165, 1.54) is 11.8 Å². The molecule has 8 nitrogen and oxygen atoms in total. The quantitative estimate of drug-likeness (QED) is 0.217. The number of nitrogens with zero attached hydrogens (tertiary/aromatic N) is 4. The molecular weight excluding hydrogens is 606 g/mol. The van der Waals surface area contributed by atoms with Crippen LogP contribution in [0.5, 0.6) is 5.88 Å². The lowest BCUT2D eigenvalue weighted by molar-refractivity contribution is -0.245. The lowest BCUT2D eigenvalue weighted by atomic mass is 9.79. The van der Waals surface area contributed by atoms with E-state index in [1.54, 1.807) is 24.3 Å². The first kappa shape index (κ1) is 29.4. The van der Waals surface area contributed by atoms with Crippen LogP contribution in [0.15, 0.2) is 40.9 Å². The van der Waals surface area contributed by atoms with Gasteiger partial charge in [-0.3, -0.25) is 4.79 Å². The van der Waals surface area contributed by atoms with Crippen LogP contribution >= 0.6 is 11.6 Å². The van der Waals surface area contributed by atoms with Crippen LogP contribution in [-0.4, -0.2) is 58.8 Å². The predicted octanol–water partition coefficient (Wildman–Crippen LogP) is 6.74. The molecule has 0 saturated carbocycles. The Labute approximate surface area is 244 Å². The molecule has 228 valence electrons. The van der Waals surface area contributed by atoms with E-state index in [9.17, 15) is 26.7 Å². The molecule has 0 N–H and O–H groups in total. The summed E-state index contributed by atoms with van der Waals surface area (Å²) in [4.78, 5) is 26.2. The average Bonchev–Trinajstić information content (AvgIpc) is 3.55. The van der Waals surface area contributed by atoms with Gasteiger partial charge in [-0.05, 0) is 25.1 Å². The Morgan fingerprint density at radius 3 is 2.72 bits per heavy atom. The third kappa shape index (κ3) is 5.24. The first-order valence-corrected chi connectivity index (χ1v) is 13.6. The van der Waals surface area contributed by atoms with Crippen LogP contribution < -0.4 is 9.64 Å². The highest BCUT2D eigenvalue weighted by Crippen LogP contribution is 2.51. The van der Waals surface area contributed by atoms with E-state index in [0.717, 1.165) is 12.3 Å².